The first kappa shape index (κ1) is 15.3. The van der Waals surface area contributed by atoms with Crippen LogP contribution in [0, 0.1) is 13.8 Å². The maximum Gasteiger partial charge on any atom is 0.121 e. The first-order chi connectivity index (χ1) is 9.66. The maximum absolute atomic E-state index is 9.75. The minimum absolute atomic E-state index is 0.418. The number of hydrogen-bond donors (Lipinski definition) is 2. The lowest BCUT2D eigenvalue weighted by Gasteiger charge is -2.26. The van der Waals surface area contributed by atoms with Crippen molar-refractivity contribution in [3.8, 4) is 5.75 Å². The molecule has 1 aromatic carbocycles. The van der Waals surface area contributed by atoms with Gasteiger partial charge in [-0.15, -0.1) is 0 Å². The predicted octanol–water partition coefficient (Wildman–Crippen LogP) is 1.82. The van der Waals surface area contributed by atoms with Crippen molar-refractivity contribution < 1.29 is 9.84 Å². The average Bonchev–Trinajstić information content (AvgIpc) is 2.45. The summed E-state index contributed by atoms with van der Waals surface area (Å²) in [5.74, 6) is 0.418. The minimum Gasteiger partial charge on any atom is -0.507 e. The Morgan fingerprint density at radius 1 is 1.20 bits per heavy atom. The van der Waals surface area contributed by atoms with Gasteiger partial charge in [-0.05, 0) is 50.0 Å². The number of nitrogens with one attached hydrogen (secondary N) is 1. The van der Waals surface area contributed by atoms with Gasteiger partial charge in [-0.3, -0.25) is 4.90 Å². The third-order valence-corrected chi connectivity index (χ3v) is 3.81. The number of rotatable bonds is 6. The molecular weight excluding hydrogens is 252 g/mol. The Balaban J connectivity index is 1.65. The van der Waals surface area contributed by atoms with E-state index < -0.39 is 0 Å². The summed E-state index contributed by atoms with van der Waals surface area (Å²) in [6.45, 7) is 10.8. The number of hydrogen-bond acceptors (Lipinski definition) is 4. The largest absolute Gasteiger partial charge is 0.507 e. The van der Waals surface area contributed by atoms with Gasteiger partial charge >= 0.3 is 0 Å². The van der Waals surface area contributed by atoms with Crippen molar-refractivity contribution in [2.24, 2.45) is 0 Å². The summed E-state index contributed by atoms with van der Waals surface area (Å²) in [5, 5.41) is 13.2. The standard InChI is InChI=1S/C16H26N2O2/c1-13-10-15(11-14(2)16(13)19)12-17-4-3-5-18-6-8-20-9-7-18/h10-11,17,19H,3-9,12H2,1-2H3. The van der Waals surface area contributed by atoms with Gasteiger partial charge in [-0.25, -0.2) is 0 Å². The zero-order chi connectivity index (χ0) is 14.4. The number of phenolic OH excluding ortho intramolecular Hbond substituents is 1. The van der Waals surface area contributed by atoms with Crippen LogP contribution in [0.2, 0.25) is 0 Å². The average molecular weight is 278 g/mol. The van der Waals surface area contributed by atoms with E-state index in [1.807, 2.05) is 13.8 Å². The Morgan fingerprint density at radius 3 is 2.50 bits per heavy atom. The summed E-state index contributed by atoms with van der Waals surface area (Å²) in [5.41, 5.74) is 3.15. The molecule has 0 aliphatic carbocycles. The van der Waals surface area contributed by atoms with Crippen LogP contribution in [0.25, 0.3) is 0 Å². The molecule has 0 amide bonds. The van der Waals surface area contributed by atoms with Gasteiger partial charge in [0.15, 0.2) is 0 Å². The fourth-order valence-electron chi connectivity index (χ4n) is 2.63. The summed E-state index contributed by atoms with van der Waals surface area (Å²) in [6, 6.07) is 4.11. The second kappa shape index (κ2) is 7.62. The second-order valence-corrected chi connectivity index (χ2v) is 5.56. The van der Waals surface area contributed by atoms with Crippen LogP contribution >= 0.6 is 0 Å². The van der Waals surface area contributed by atoms with E-state index in [4.69, 9.17) is 4.74 Å². The van der Waals surface area contributed by atoms with E-state index >= 15 is 0 Å². The van der Waals surface area contributed by atoms with Crippen molar-refractivity contribution in [1.29, 1.82) is 0 Å². The first-order valence-corrected chi connectivity index (χ1v) is 7.47. The van der Waals surface area contributed by atoms with Gasteiger partial charge < -0.3 is 15.2 Å². The normalized spacial score (nSPS) is 16.5. The number of aryl methyl sites for hydroxylation is 2. The lowest BCUT2D eigenvalue weighted by atomic mass is 10.1. The van der Waals surface area contributed by atoms with Crippen LogP contribution in [-0.2, 0) is 11.3 Å². The van der Waals surface area contributed by atoms with E-state index in [1.165, 1.54) is 5.56 Å². The van der Waals surface area contributed by atoms with E-state index in [1.54, 1.807) is 0 Å². The third-order valence-electron chi connectivity index (χ3n) is 3.81. The molecule has 4 heteroatoms. The summed E-state index contributed by atoms with van der Waals surface area (Å²) in [7, 11) is 0. The van der Waals surface area contributed by atoms with Crippen molar-refractivity contribution in [3.05, 3.63) is 28.8 Å². The fourth-order valence-corrected chi connectivity index (χ4v) is 2.63. The van der Waals surface area contributed by atoms with Crippen LogP contribution in [0.5, 0.6) is 5.75 Å². The molecule has 20 heavy (non-hydrogen) atoms. The summed E-state index contributed by atoms with van der Waals surface area (Å²) < 4.78 is 5.34. The number of nitrogens with zero attached hydrogens (tertiary/aromatic N) is 1. The molecule has 2 N–H and O–H groups in total. The van der Waals surface area contributed by atoms with E-state index in [-0.39, 0.29) is 0 Å². The highest BCUT2D eigenvalue weighted by atomic mass is 16.5. The molecule has 4 nitrogen and oxygen atoms in total. The van der Waals surface area contributed by atoms with Gasteiger partial charge in [0.25, 0.3) is 0 Å². The molecule has 0 aromatic heterocycles. The van der Waals surface area contributed by atoms with E-state index in [0.29, 0.717) is 5.75 Å². The molecule has 0 radical (unpaired) electrons. The number of benzene rings is 1. The van der Waals surface area contributed by atoms with Crippen LogP contribution < -0.4 is 5.32 Å². The molecule has 0 atom stereocenters. The number of aromatic hydroxyl groups is 1. The van der Waals surface area contributed by atoms with E-state index in [9.17, 15) is 5.11 Å². The van der Waals surface area contributed by atoms with Crippen molar-refractivity contribution in [2.75, 3.05) is 39.4 Å². The SMILES string of the molecule is Cc1cc(CNCCCN2CCOCC2)cc(C)c1O. The van der Waals surface area contributed by atoms with Gasteiger partial charge in [0, 0.05) is 19.6 Å². The number of ether oxygens (including phenoxy) is 1. The maximum atomic E-state index is 9.75. The molecule has 0 spiro atoms. The third kappa shape index (κ3) is 4.47. The van der Waals surface area contributed by atoms with Gasteiger partial charge in [0.05, 0.1) is 13.2 Å². The van der Waals surface area contributed by atoms with Crippen molar-refractivity contribution in [2.45, 2.75) is 26.8 Å². The van der Waals surface area contributed by atoms with Crippen LogP contribution in [0.3, 0.4) is 0 Å². The molecule has 112 valence electrons. The predicted molar refractivity (Wildman–Crippen MR) is 81.2 cm³/mol. The number of phenols is 1. The first-order valence-electron chi connectivity index (χ1n) is 7.47. The Morgan fingerprint density at radius 2 is 1.85 bits per heavy atom. The van der Waals surface area contributed by atoms with E-state index in [0.717, 1.165) is 63.5 Å². The smallest absolute Gasteiger partial charge is 0.121 e. The van der Waals surface area contributed by atoms with Crippen molar-refractivity contribution in [1.82, 2.24) is 10.2 Å². The van der Waals surface area contributed by atoms with Gasteiger partial charge in [0.2, 0.25) is 0 Å². The molecule has 0 unspecified atom stereocenters. The van der Waals surface area contributed by atoms with Crippen LogP contribution in [0.15, 0.2) is 12.1 Å². The Kier molecular flexibility index (Phi) is 5.83. The summed E-state index contributed by atoms with van der Waals surface area (Å²) in [6.07, 6.45) is 1.16. The zero-order valence-corrected chi connectivity index (χ0v) is 12.6. The Bertz CT molecular complexity index is 405. The molecule has 1 heterocycles. The monoisotopic (exact) mass is 278 g/mol. The Labute approximate surface area is 121 Å². The molecule has 0 bridgehead atoms. The summed E-state index contributed by atoms with van der Waals surface area (Å²) >= 11 is 0. The second-order valence-electron chi connectivity index (χ2n) is 5.56. The number of morpholine rings is 1. The topological polar surface area (TPSA) is 44.7 Å². The van der Waals surface area contributed by atoms with Crippen LogP contribution in [0.1, 0.15) is 23.1 Å². The van der Waals surface area contributed by atoms with Crippen molar-refractivity contribution in [3.63, 3.8) is 0 Å². The lowest BCUT2D eigenvalue weighted by Crippen LogP contribution is -2.37. The van der Waals surface area contributed by atoms with Crippen LogP contribution in [-0.4, -0.2) is 49.4 Å². The highest BCUT2D eigenvalue weighted by Crippen LogP contribution is 2.22. The molecule has 2 rings (SSSR count). The van der Waals surface area contributed by atoms with Gasteiger partial charge in [-0.2, -0.15) is 0 Å². The molecule has 1 fully saturated rings. The summed E-state index contributed by atoms with van der Waals surface area (Å²) in [4.78, 5) is 2.46. The quantitative estimate of drug-likeness (QED) is 0.779. The van der Waals surface area contributed by atoms with Crippen LogP contribution in [0.4, 0.5) is 0 Å². The molecule has 1 aliphatic rings. The van der Waals surface area contributed by atoms with E-state index in [2.05, 4.69) is 22.3 Å². The lowest BCUT2D eigenvalue weighted by molar-refractivity contribution is 0.0374. The minimum atomic E-state index is 0.418. The van der Waals surface area contributed by atoms with Crippen molar-refractivity contribution >= 4 is 0 Å². The van der Waals surface area contributed by atoms with Gasteiger partial charge in [-0.1, -0.05) is 12.1 Å². The Hall–Kier alpha value is -1.10. The zero-order valence-electron chi connectivity index (χ0n) is 12.6. The highest BCUT2D eigenvalue weighted by molar-refractivity contribution is 5.42. The molecule has 1 aliphatic heterocycles. The fraction of sp³-hybridized carbons (Fsp3) is 0.625. The molecule has 1 saturated heterocycles. The van der Waals surface area contributed by atoms with Gasteiger partial charge in [0.1, 0.15) is 5.75 Å². The molecular formula is C16H26N2O2. The molecule has 0 saturated carbocycles. The highest BCUT2D eigenvalue weighted by Gasteiger charge is 2.09. The molecule has 1 aromatic rings.